The van der Waals surface area contributed by atoms with Crippen LogP contribution in [-0.4, -0.2) is 16.9 Å². The zero-order valence-corrected chi connectivity index (χ0v) is 13.9. The monoisotopic (exact) mass is 378 g/mol. The number of rotatable bonds is 5. The minimum Gasteiger partial charge on any atom is -0.383 e. The number of benzene rings is 1. The molecule has 0 saturated heterocycles. The number of amides is 1. The van der Waals surface area contributed by atoms with E-state index in [-0.39, 0.29) is 17.6 Å². The van der Waals surface area contributed by atoms with Crippen LogP contribution in [0.3, 0.4) is 0 Å². The Morgan fingerprint density at radius 1 is 1.39 bits per heavy atom. The zero-order chi connectivity index (χ0) is 16.4. The van der Waals surface area contributed by atoms with E-state index in [1.807, 2.05) is 6.07 Å². The van der Waals surface area contributed by atoms with Crippen molar-refractivity contribution in [2.24, 2.45) is 0 Å². The summed E-state index contributed by atoms with van der Waals surface area (Å²) in [6, 6.07) is 6.38. The van der Waals surface area contributed by atoms with E-state index in [2.05, 4.69) is 31.5 Å². The minimum absolute atomic E-state index is 0.174. The summed E-state index contributed by atoms with van der Waals surface area (Å²) in [6.45, 7) is 0.372. The van der Waals surface area contributed by atoms with Gasteiger partial charge in [0.1, 0.15) is 11.6 Å². The molecule has 1 saturated carbocycles. The predicted octanol–water partition coefficient (Wildman–Crippen LogP) is 3.07. The Kier molecular flexibility index (Phi) is 4.47. The molecule has 1 amide bonds. The van der Waals surface area contributed by atoms with Gasteiger partial charge in [0.2, 0.25) is 0 Å². The first-order chi connectivity index (χ1) is 11.0. The number of halogens is 2. The molecule has 1 aliphatic carbocycles. The Morgan fingerprint density at radius 2 is 2.17 bits per heavy atom. The minimum atomic E-state index is -0.407. The summed E-state index contributed by atoms with van der Waals surface area (Å²) in [5.74, 6) is -0.179. The molecule has 4 N–H and O–H groups in total. The quantitative estimate of drug-likeness (QED) is 0.746. The highest BCUT2D eigenvalue weighted by atomic mass is 79.9. The number of aromatic nitrogens is 1. The fraction of sp³-hybridized carbons (Fsp3) is 0.250. The molecule has 0 bridgehead atoms. The van der Waals surface area contributed by atoms with Gasteiger partial charge in [0, 0.05) is 24.3 Å². The van der Waals surface area contributed by atoms with Crippen LogP contribution in [0.5, 0.6) is 0 Å². The number of carbonyl (C=O) groups excluding carboxylic acids is 1. The molecule has 120 valence electrons. The Balaban J connectivity index is 1.70. The van der Waals surface area contributed by atoms with Crippen LogP contribution in [0.25, 0.3) is 0 Å². The molecule has 3 rings (SSSR count). The van der Waals surface area contributed by atoms with Gasteiger partial charge in [0.25, 0.3) is 5.91 Å². The van der Waals surface area contributed by atoms with Crippen molar-refractivity contribution < 1.29 is 9.18 Å². The summed E-state index contributed by atoms with van der Waals surface area (Å²) in [6.07, 6.45) is 3.64. The third-order valence-electron chi connectivity index (χ3n) is 3.55. The lowest BCUT2D eigenvalue weighted by Gasteiger charge is -2.10. The molecule has 0 unspecified atom stereocenters. The molecule has 0 aliphatic heterocycles. The first-order valence-electron chi connectivity index (χ1n) is 7.27. The number of nitrogen functional groups attached to an aromatic ring is 1. The van der Waals surface area contributed by atoms with Gasteiger partial charge in [-0.25, -0.2) is 9.37 Å². The molecule has 1 heterocycles. The molecule has 1 aromatic carbocycles. The van der Waals surface area contributed by atoms with Crippen LogP contribution in [-0.2, 0) is 6.54 Å². The topological polar surface area (TPSA) is 80.0 Å². The van der Waals surface area contributed by atoms with Gasteiger partial charge < -0.3 is 16.4 Å². The number of nitrogens with two attached hydrogens (primary N) is 1. The van der Waals surface area contributed by atoms with E-state index >= 15 is 0 Å². The first kappa shape index (κ1) is 15.7. The van der Waals surface area contributed by atoms with Crippen LogP contribution in [0.1, 0.15) is 28.8 Å². The van der Waals surface area contributed by atoms with Crippen molar-refractivity contribution in [3.63, 3.8) is 0 Å². The van der Waals surface area contributed by atoms with Gasteiger partial charge in [0.05, 0.1) is 10.2 Å². The molecular weight excluding hydrogens is 363 g/mol. The van der Waals surface area contributed by atoms with Crippen LogP contribution in [0.4, 0.5) is 15.9 Å². The number of nitrogens with one attached hydrogen (secondary N) is 2. The van der Waals surface area contributed by atoms with E-state index < -0.39 is 5.82 Å². The summed E-state index contributed by atoms with van der Waals surface area (Å²) in [4.78, 5) is 16.1. The second-order valence-corrected chi connectivity index (χ2v) is 6.36. The smallest absolute Gasteiger partial charge is 0.251 e. The number of carbonyl (C=O) groups is 1. The highest BCUT2D eigenvalue weighted by molar-refractivity contribution is 9.10. The van der Waals surface area contributed by atoms with Crippen molar-refractivity contribution in [2.75, 3.05) is 11.1 Å². The fourth-order valence-electron chi connectivity index (χ4n) is 2.08. The van der Waals surface area contributed by atoms with Gasteiger partial charge >= 0.3 is 0 Å². The van der Waals surface area contributed by atoms with Gasteiger partial charge in [-0.2, -0.15) is 0 Å². The lowest BCUT2D eigenvalue weighted by atomic mass is 10.1. The van der Waals surface area contributed by atoms with E-state index in [4.69, 9.17) is 5.73 Å². The Hall–Kier alpha value is -2.15. The zero-order valence-electron chi connectivity index (χ0n) is 12.3. The molecule has 5 nitrogen and oxygen atoms in total. The SMILES string of the molecule is Nc1ncc(CNc2cc(C(=O)NC3CC3)ccc2F)cc1Br. The highest BCUT2D eigenvalue weighted by Crippen LogP contribution is 2.22. The molecule has 2 aromatic rings. The second-order valence-electron chi connectivity index (χ2n) is 5.51. The lowest BCUT2D eigenvalue weighted by molar-refractivity contribution is 0.0951. The Bertz CT molecular complexity index is 749. The molecule has 1 aliphatic rings. The molecule has 0 atom stereocenters. The summed E-state index contributed by atoms with van der Waals surface area (Å²) in [5, 5.41) is 5.87. The molecule has 7 heteroatoms. The number of anilines is 2. The molecule has 0 spiro atoms. The van der Waals surface area contributed by atoms with E-state index in [0.717, 1.165) is 18.4 Å². The Morgan fingerprint density at radius 3 is 2.87 bits per heavy atom. The molecular formula is C16H16BrFN4O. The van der Waals surface area contributed by atoms with E-state index in [1.165, 1.54) is 18.2 Å². The van der Waals surface area contributed by atoms with Gasteiger partial charge in [0.15, 0.2) is 0 Å². The van der Waals surface area contributed by atoms with E-state index in [9.17, 15) is 9.18 Å². The number of hydrogen-bond donors (Lipinski definition) is 3. The van der Waals surface area contributed by atoms with Crippen molar-refractivity contribution >= 4 is 33.3 Å². The van der Waals surface area contributed by atoms with Crippen molar-refractivity contribution in [1.29, 1.82) is 0 Å². The van der Waals surface area contributed by atoms with Crippen molar-refractivity contribution in [3.8, 4) is 0 Å². The third kappa shape index (κ3) is 3.98. The molecule has 1 fully saturated rings. The van der Waals surface area contributed by atoms with Gasteiger partial charge in [-0.1, -0.05) is 0 Å². The van der Waals surface area contributed by atoms with Crippen LogP contribution in [0.15, 0.2) is 34.9 Å². The van der Waals surface area contributed by atoms with Gasteiger partial charge in [-0.3, -0.25) is 4.79 Å². The van der Waals surface area contributed by atoms with Crippen LogP contribution >= 0.6 is 15.9 Å². The normalized spacial score (nSPS) is 13.7. The van der Waals surface area contributed by atoms with Crippen molar-refractivity contribution in [1.82, 2.24) is 10.3 Å². The predicted molar refractivity (Wildman–Crippen MR) is 90.6 cm³/mol. The van der Waals surface area contributed by atoms with Crippen LogP contribution in [0, 0.1) is 5.82 Å². The largest absolute Gasteiger partial charge is 0.383 e. The van der Waals surface area contributed by atoms with Crippen LogP contribution < -0.4 is 16.4 Å². The summed E-state index contributed by atoms with van der Waals surface area (Å²) in [7, 11) is 0. The number of hydrogen-bond acceptors (Lipinski definition) is 4. The fourth-order valence-corrected chi connectivity index (χ4v) is 2.48. The number of pyridine rings is 1. The average Bonchev–Trinajstić information content (AvgIpc) is 3.33. The number of nitrogens with zero attached hydrogens (tertiary/aromatic N) is 1. The van der Waals surface area contributed by atoms with E-state index in [1.54, 1.807) is 6.20 Å². The Labute approximate surface area is 141 Å². The summed E-state index contributed by atoms with van der Waals surface area (Å²) in [5.41, 5.74) is 7.20. The van der Waals surface area contributed by atoms with Crippen LogP contribution in [0.2, 0.25) is 0 Å². The summed E-state index contributed by atoms with van der Waals surface area (Å²) >= 11 is 3.30. The van der Waals surface area contributed by atoms with Gasteiger partial charge in [-0.05, 0) is 58.6 Å². The second kappa shape index (κ2) is 6.54. The maximum atomic E-state index is 13.9. The molecule has 0 radical (unpaired) electrons. The molecule has 1 aromatic heterocycles. The maximum Gasteiger partial charge on any atom is 0.251 e. The highest BCUT2D eigenvalue weighted by Gasteiger charge is 2.24. The van der Waals surface area contributed by atoms with Crippen molar-refractivity contribution in [2.45, 2.75) is 25.4 Å². The summed E-state index contributed by atoms with van der Waals surface area (Å²) < 4.78 is 14.6. The first-order valence-corrected chi connectivity index (χ1v) is 8.06. The third-order valence-corrected chi connectivity index (χ3v) is 4.19. The lowest BCUT2D eigenvalue weighted by Crippen LogP contribution is -2.25. The standard InChI is InChI=1S/C16H16BrFN4O/c17-12-5-9(8-21-15(12)19)7-20-14-6-10(1-4-13(14)18)16(23)22-11-2-3-11/h1,4-6,8,11,20H,2-3,7H2,(H2,19,21)(H,22,23). The maximum absolute atomic E-state index is 13.9. The molecule has 23 heavy (non-hydrogen) atoms. The average molecular weight is 379 g/mol. The van der Waals surface area contributed by atoms with Crippen molar-refractivity contribution in [3.05, 3.63) is 51.9 Å². The van der Waals surface area contributed by atoms with Gasteiger partial charge in [-0.15, -0.1) is 0 Å². The van der Waals surface area contributed by atoms with E-state index in [0.29, 0.717) is 22.4 Å².